The van der Waals surface area contributed by atoms with Crippen LogP contribution in [-0.2, 0) is 22.4 Å². The lowest BCUT2D eigenvalue weighted by atomic mass is 9.98. The van der Waals surface area contributed by atoms with Crippen LogP contribution in [0.5, 0.6) is 0 Å². The second-order valence-electron chi connectivity index (χ2n) is 7.29. The topological polar surface area (TPSA) is 54.5 Å². The third-order valence-electron chi connectivity index (χ3n) is 5.58. The lowest BCUT2D eigenvalue weighted by Gasteiger charge is -2.33. The number of benzene rings is 1. The molecule has 5 heteroatoms. The van der Waals surface area contributed by atoms with Gasteiger partial charge in [0.05, 0.1) is 19.3 Å². The van der Waals surface area contributed by atoms with Crippen molar-refractivity contribution in [2.24, 2.45) is 0 Å². The highest BCUT2D eigenvalue weighted by atomic mass is 16.5. The van der Waals surface area contributed by atoms with Gasteiger partial charge in [0.2, 0.25) is 0 Å². The van der Waals surface area contributed by atoms with Crippen LogP contribution in [0.1, 0.15) is 37.8 Å². The van der Waals surface area contributed by atoms with E-state index in [0.717, 1.165) is 50.3 Å². The molecular weight excluding hydrogens is 350 g/mol. The van der Waals surface area contributed by atoms with Crippen LogP contribution in [0.25, 0.3) is 11.3 Å². The minimum absolute atomic E-state index is 0.211. The van der Waals surface area contributed by atoms with E-state index in [1.165, 1.54) is 23.8 Å². The quantitative estimate of drug-likeness (QED) is 0.743. The molecule has 0 aliphatic carbocycles. The standard InChI is InChI=1S/C23H31N3O2/c1-4-17-9-10-19(15-18(17)5-2)21-7-6-8-22(25-21)26-13-11-20(12-14-26)24-16-23(27)28-3/h6-10,15,20,24H,4-5,11-14,16H2,1-3H3. The summed E-state index contributed by atoms with van der Waals surface area (Å²) < 4.78 is 4.70. The summed E-state index contributed by atoms with van der Waals surface area (Å²) in [5, 5.41) is 3.28. The van der Waals surface area contributed by atoms with Crippen LogP contribution >= 0.6 is 0 Å². The molecule has 1 aliphatic rings. The number of rotatable bonds is 7. The van der Waals surface area contributed by atoms with Crippen molar-refractivity contribution in [3.05, 3.63) is 47.5 Å². The summed E-state index contributed by atoms with van der Waals surface area (Å²) in [5.74, 6) is 0.818. The largest absolute Gasteiger partial charge is 0.468 e. The molecule has 0 radical (unpaired) electrons. The molecule has 1 fully saturated rings. The fourth-order valence-electron chi connectivity index (χ4n) is 3.83. The summed E-state index contributed by atoms with van der Waals surface area (Å²) in [7, 11) is 1.42. The van der Waals surface area contributed by atoms with Gasteiger partial charge in [-0.2, -0.15) is 0 Å². The molecule has 3 rings (SSSR count). The number of anilines is 1. The Balaban J connectivity index is 1.67. The van der Waals surface area contributed by atoms with Gasteiger partial charge in [-0.1, -0.05) is 32.0 Å². The smallest absolute Gasteiger partial charge is 0.319 e. The molecule has 0 spiro atoms. The molecule has 2 heterocycles. The van der Waals surface area contributed by atoms with Gasteiger partial charge in [-0.05, 0) is 55.0 Å². The zero-order chi connectivity index (χ0) is 19.9. The van der Waals surface area contributed by atoms with Gasteiger partial charge in [0, 0.05) is 24.7 Å². The Hall–Kier alpha value is -2.40. The first-order chi connectivity index (χ1) is 13.6. The van der Waals surface area contributed by atoms with E-state index in [0.29, 0.717) is 6.04 Å². The fourth-order valence-corrected chi connectivity index (χ4v) is 3.83. The number of aromatic nitrogens is 1. The maximum absolute atomic E-state index is 11.3. The lowest BCUT2D eigenvalue weighted by molar-refractivity contribution is -0.139. The van der Waals surface area contributed by atoms with Crippen molar-refractivity contribution in [2.45, 2.75) is 45.6 Å². The summed E-state index contributed by atoms with van der Waals surface area (Å²) in [6.07, 6.45) is 4.10. The van der Waals surface area contributed by atoms with E-state index in [4.69, 9.17) is 9.72 Å². The van der Waals surface area contributed by atoms with Crippen LogP contribution in [-0.4, -0.2) is 43.7 Å². The van der Waals surface area contributed by atoms with E-state index >= 15 is 0 Å². The molecule has 28 heavy (non-hydrogen) atoms. The molecule has 1 aromatic heterocycles. The number of hydrogen-bond donors (Lipinski definition) is 1. The van der Waals surface area contributed by atoms with E-state index in [-0.39, 0.29) is 12.5 Å². The zero-order valence-corrected chi connectivity index (χ0v) is 17.2. The third kappa shape index (κ3) is 4.90. The average Bonchev–Trinajstić information content (AvgIpc) is 2.77. The monoisotopic (exact) mass is 381 g/mol. The van der Waals surface area contributed by atoms with Crippen LogP contribution in [0.15, 0.2) is 36.4 Å². The maximum atomic E-state index is 11.3. The summed E-state index contributed by atoms with van der Waals surface area (Å²) >= 11 is 0. The molecule has 5 nitrogen and oxygen atoms in total. The van der Waals surface area contributed by atoms with Crippen molar-refractivity contribution in [1.82, 2.24) is 10.3 Å². The number of hydrogen-bond acceptors (Lipinski definition) is 5. The normalized spacial score (nSPS) is 14.9. The summed E-state index contributed by atoms with van der Waals surface area (Å²) in [6.45, 7) is 6.56. The Morgan fingerprint density at radius 1 is 1.14 bits per heavy atom. The summed E-state index contributed by atoms with van der Waals surface area (Å²) in [6, 6.07) is 13.3. The number of aryl methyl sites for hydroxylation is 2. The van der Waals surface area contributed by atoms with Gasteiger partial charge in [0.15, 0.2) is 0 Å². The first-order valence-corrected chi connectivity index (χ1v) is 10.3. The van der Waals surface area contributed by atoms with Crippen LogP contribution in [0.3, 0.4) is 0 Å². The minimum atomic E-state index is -0.211. The van der Waals surface area contributed by atoms with E-state index in [1.807, 2.05) is 0 Å². The number of carbonyl (C=O) groups is 1. The molecule has 1 aromatic carbocycles. The lowest BCUT2D eigenvalue weighted by Crippen LogP contribution is -2.44. The number of carbonyl (C=O) groups excluding carboxylic acids is 1. The first-order valence-electron chi connectivity index (χ1n) is 10.3. The highest BCUT2D eigenvalue weighted by Crippen LogP contribution is 2.25. The van der Waals surface area contributed by atoms with Crippen molar-refractivity contribution in [2.75, 3.05) is 31.6 Å². The second-order valence-corrected chi connectivity index (χ2v) is 7.29. The van der Waals surface area contributed by atoms with Crippen LogP contribution < -0.4 is 10.2 Å². The minimum Gasteiger partial charge on any atom is -0.468 e. The number of methoxy groups -OCH3 is 1. The molecule has 1 aliphatic heterocycles. The molecule has 150 valence electrons. The predicted molar refractivity (Wildman–Crippen MR) is 114 cm³/mol. The van der Waals surface area contributed by atoms with Gasteiger partial charge in [-0.15, -0.1) is 0 Å². The average molecular weight is 382 g/mol. The van der Waals surface area contributed by atoms with Gasteiger partial charge in [0.25, 0.3) is 0 Å². The van der Waals surface area contributed by atoms with Gasteiger partial charge in [-0.25, -0.2) is 4.98 Å². The summed E-state index contributed by atoms with van der Waals surface area (Å²) in [5.41, 5.74) is 5.04. The van der Waals surface area contributed by atoms with Crippen molar-refractivity contribution in [1.29, 1.82) is 0 Å². The second kappa shape index (κ2) is 9.69. The highest BCUT2D eigenvalue weighted by molar-refractivity contribution is 5.71. The Labute approximate surface area is 168 Å². The molecule has 1 saturated heterocycles. The molecular formula is C23H31N3O2. The third-order valence-corrected chi connectivity index (χ3v) is 5.58. The first kappa shape index (κ1) is 20.3. The van der Waals surface area contributed by atoms with Crippen molar-refractivity contribution in [3.63, 3.8) is 0 Å². The molecule has 1 N–H and O–H groups in total. The molecule has 0 saturated carbocycles. The SMILES string of the molecule is CCc1ccc(-c2cccc(N3CCC(NCC(=O)OC)CC3)n2)cc1CC. The van der Waals surface area contributed by atoms with Gasteiger partial charge in [-0.3, -0.25) is 4.79 Å². The Bertz CT molecular complexity index is 798. The predicted octanol–water partition coefficient (Wildman–Crippen LogP) is 3.60. The zero-order valence-electron chi connectivity index (χ0n) is 17.2. The number of ether oxygens (including phenoxy) is 1. The molecule has 0 unspecified atom stereocenters. The number of nitrogens with one attached hydrogen (secondary N) is 1. The van der Waals surface area contributed by atoms with Crippen LogP contribution in [0.2, 0.25) is 0 Å². The number of pyridine rings is 1. The van der Waals surface area contributed by atoms with E-state index in [1.54, 1.807) is 0 Å². The van der Waals surface area contributed by atoms with E-state index in [2.05, 4.69) is 60.5 Å². The molecule has 0 atom stereocenters. The Morgan fingerprint density at radius 3 is 2.57 bits per heavy atom. The highest BCUT2D eigenvalue weighted by Gasteiger charge is 2.20. The number of esters is 1. The molecule has 2 aromatic rings. The van der Waals surface area contributed by atoms with Gasteiger partial charge in [0.1, 0.15) is 5.82 Å². The van der Waals surface area contributed by atoms with Gasteiger partial charge < -0.3 is 15.0 Å². The van der Waals surface area contributed by atoms with Crippen molar-refractivity contribution < 1.29 is 9.53 Å². The maximum Gasteiger partial charge on any atom is 0.319 e. The van der Waals surface area contributed by atoms with Crippen LogP contribution in [0.4, 0.5) is 5.82 Å². The van der Waals surface area contributed by atoms with Crippen molar-refractivity contribution >= 4 is 11.8 Å². The molecule has 0 bridgehead atoms. The molecule has 0 amide bonds. The number of nitrogens with zero attached hydrogens (tertiary/aromatic N) is 2. The Morgan fingerprint density at radius 2 is 1.89 bits per heavy atom. The van der Waals surface area contributed by atoms with E-state index in [9.17, 15) is 4.79 Å². The fraction of sp³-hybridized carbons (Fsp3) is 0.478. The van der Waals surface area contributed by atoms with Gasteiger partial charge >= 0.3 is 5.97 Å². The van der Waals surface area contributed by atoms with Crippen molar-refractivity contribution in [3.8, 4) is 11.3 Å². The summed E-state index contributed by atoms with van der Waals surface area (Å²) in [4.78, 5) is 18.6. The number of piperidine rings is 1. The Kier molecular flexibility index (Phi) is 7.04. The van der Waals surface area contributed by atoms with E-state index < -0.39 is 0 Å². The van der Waals surface area contributed by atoms with Crippen LogP contribution in [0, 0.1) is 0 Å².